The van der Waals surface area contributed by atoms with E-state index in [-0.39, 0.29) is 25.2 Å². The van der Waals surface area contributed by atoms with Crippen LogP contribution in [0.15, 0.2) is 60.7 Å². The summed E-state index contributed by atoms with van der Waals surface area (Å²) in [5.41, 5.74) is 1.81. The molecule has 2 fully saturated rings. The number of carbonyl (C=O) groups is 3. The maximum absolute atomic E-state index is 13.7. The fourth-order valence-corrected chi connectivity index (χ4v) is 4.41. The largest absolute Gasteiger partial charge is 0.445 e. The van der Waals surface area contributed by atoms with E-state index in [1.165, 1.54) is 4.90 Å². The summed E-state index contributed by atoms with van der Waals surface area (Å²) in [5.74, 6) is -0.554. The van der Waals surface area contributed by atoms with Crippen molar-refractivity contribution in [2.75, 3.05) is 33.0 Å². The van der Waals surface area contributed by atoms with Crippen molar-refractivity contribution in [2.45, 2.75) is 45.2 Å². The summed E-state index contributed by atoms with van der Waals surface area (Å²) in [6.45, 7) is 5.47. The molecule has 0 spiro atoms. The number of hydrogen-bond acceptors (Lipinski definition) is 7. The van der Waals surface area contributed by atoms with Gasteiger partial charge in [0.15, 0.2) is 0 Å². The molecule has 2 aromatic rings. The Hall–Kier alpha value is -3.63. The number of nitrogens with zero attached hydrogens (tertiary/aromatic N) is 2. The minimum Gasteiger partial charge on any atom is -0.445 e. The molecule has 3 atom stereocenters. The van der Waals surface area contributed by atoms with Gasteiger partial charge in [0.05, 0.1) is 13.2 Å². The third-order valence-electron chi connectivity index (χ3n) is 6.57. The first kappa shape index (κ1) is 27.4. The van der Waals surface area contributed by atoms with Gasteiger partial charge in [0, 0.05) is 13.1 Å². The fraction of sp³-hybridized carbons (Fsp3) is 0.464. The molecule has 2 aliphatic rings. The second-order valence-corrected chi connectivity index (χ2v) is 9.64. The molecule has 2 aliphatic heterocycles. The van der Waals surface area contributed by atoms with Gasteiger partial charge in [0.2, 0.25) is 12.2 Å². The van der Waals surface area contributed by atoms with E-state index in [1.807, 2.05) is 74.5 Å². The number of morpholine rings is 1. The van der Waals surface area contributed by atoms with Crippen LogP contribution in [0.1, 0.15) is 25.0 Å². The molecular weight excluding hydrogens is 490 g/mol. The Morgan fingerprint density at radius 1 is 0.974 bits per heavy atom. The number of nitrogens with one attached hydrogen (secondary N) is 1. The van der Waals surface area contributed by atoms with Crippen LogP contribution in [0, 0.1) is 5.92 Å². The summed E-state index contributed by atoms with van der Waals surface area (Å²) in [4.78, 5) is 42.2. The van der Waals surface area contributed by atoms with Crippen molar-refractivity contribution in [3.63, 3.8) is 0 Å². The van der Waals surface area contributed by atoms with Gasteiger partial charge in [-0.05, 0) is 23.5 Å². The second-order valence-electron chi connectivity index (χ2n) is 9.64. The molecule has 0 bridgehead atoms. The first-order valence-electron chi connectivity index (χ1n) is 12.9. The molecule has 2 saturated heterocycles. The van der Waals surface area contributed by atoms with Crippen LogP contribution >= 0.6 is 0 Å². The number of amides is 3. The molecule has 10 nitrogen and oxygen atoms in total. The number of carbonyl (C=O) groups excluding carboxylic acids is 3. The zero-order valence-corrected chi connectivity index (χ0v) is 21.8. The van der Waals surface area contributed by atoms with Crippen LogP contribution in [-0.2, 0) is 36.8 Å². The lowest BCUT2D eigenvalue weighted by atomic mass is 10.0. The van der Waals surface area contributed by atoms with Crippen molar-refractivity contribution in [1.29, 1.82) is 0 Å². The van der Waals surface area contributed by atoms with Crippen molar-refractivity contribution in [3.05, 3.63) is 71.8 Å². The van der Waals surface area contributed by atoms with Crippen molar-refractivity contribution in [2.24, 2.45) is 5.92 Å². The van der Waals surface area contributed by atoms with Crippen molar-refractivity contribution < 1.29 is 33.3 Å². The van der Waals surface area contributed by atoms with Gasteiger partial charge in [0.25, 0.3) is 0 Å². The number of hydrogen-bond donors (Lipinski definition) is 1. The van der Waals surface area contributed by atoms with E-state index in [0.717, 1.165) is 11.1 Å². The molecule has 204 valence electrons. The predicted octanol–water partition coefficient (Wildman–Crippen LogP) is 3.16. The predicted molar refractivity (Wildman–Crippen MR) is 138 cm³/mol. The van der Waals surface area contributed by atoms with Crippen LogP contribution in [0.25, 0.3) is 0 Å². The van der Waals surface area contributed by atoms with Gasteiger partial charge in [-0.1, -0.05) is 74.5 Å². The highest BCUT2D eigenvalue weighted by molar-refractivity contribution is 5.86. The third kappa shape index (κ3) is 7.23. The summed E-state index contributed by atoms with van der Waals surface area (Å²) in [7, 11) is 0. The molecule has 0 unspecified atom stereocenters. The number of alkyl carbamates (subject to hydrolysis) is 1. The van der Waals surface area contributed by atoms with Crippen LogP contribution < -0.4 is 5.32 Å². The van der Waals surface area contributed by atoms with Crippen molar-refractivity contribution in [1.82, 2.24) is 15.1 Å². The molecule has 0 aliphatic carbocycles. The Morgan fingerprint density at radius 2 is 1.61 bits per heavy atom. The van der Waals surface area contributed by atoms with Gasteiger partial charge in [-0.25, -0.2) is 9.59 Å². The fourth-order valence-electron chi connectivity index (χ4n) is 4.41. The molecule has 1 N–H and O–H groups in total. The summed E-state index contributed by atoms with van der Waals surface area (Å²) in [5, 5.41) is 2.72. The maximum atomic E-state index is 13.7. The van der Waals surface area contributed by atoms with Crippen molar-refractivity contribution in [3.8, 4) is 0 Å². The van der Waals surface area contributed by atoms with E-state index in [1.54, 1.807) is 4.90 Å². The smallest absolute Gasteiger partial charge is 0.412 e. The van der Waals surface area contributed by atoms with Gasteiger partial charge in [-0.3, -0.25) is 4.79 Å². The van der Waals surface area contributed by atoms with E-state index < -0.39 is 30.6 Å². The van der Waals surface area contributed by atoms with E-state index in [0.29, 0.717) is 32.7 Å². The van der Waals surface area contributed by atoms with Gasteiger partial charge >= 0.3 is 12.2 Å². The molecule has 2 heterocycles. The topological polar surface area (TPSA) is 107 Å². The van der Waals surface area contributed by atoms with Crippen molar-refractivity contribution >= 4 is 18.1 Å². The van der Waals surface area contributed by atoms with E-state index in [4.69, 9.17) is 18.9 Å². The molecule has 38 heavy (non-hydrogen) atoms. The van der Waals surface area contributed by atoms with E-state index in [9.17, 15) is 14.4 Å². The minimum atomic E-state index is -0.952. The lowest BCUT2D eigenvalue weighted by molar-refractivity contribution is -0.136. The Morgan fingerprint density at radius 3 is 2.24 bits per heavy atom. The summed E-state index contributed by atoms with van der Waals surface area (Å²) < 4.78 is 22.2. The highest BCUT2D eigenvalue weighted by Crippen LogP contribution is 2.25. The standard InChI is InChI=1S/C28H35N3O7/c1-20(2)24(29-27(33)36-18-22-11-7-4-8-12-22)25(32)31-19-37-26(23(31)17-21-9-5-3-6-10-21)38-28(34)30-13-15-35-16-14-30/h3-12,20,23-24,26H,13-19H2,1-2H3,(H,29,33)/t23-,24-,26-/m0/s1. The molecule has 0 aromatic heterocycles. The number of ether oxygens (including phenoxy) is 4. The van der Waals surface area contributed by atoms with Crippen LogP contribution in [0.3, 0.4) is 0 Å². The number of rotatable bonds is 8. The van der Waals surface area contributed by atoms with Crippen LogP contribution in [0.4, 0.5) is 9.59 Å². The van der Waals surface area contributed by atoms with Gasteiger partial charge in [-0.2, -0.15) is 0 Å². The molecule has 3 amide bonds. The first-order chi connectivity index (χ1) is 18.4. The average molecular weight is 526 g/mol. The molecule has 2 aromatic carbocycles. The number of benzene rings is 2. The molecule has 0 saturated carbocycles. The second kappa shape index (κ2) is 13.3. The Labute approximate surface area is 222 Å². The molecular formula is C28H35N3O7. The zero-order chi connectivity index (χ0) is 26.9. The highest BCUT2D eigenvalue weighted by Gasteiger charge is 2.44. The van der Waals surface area contributed by atoms with Gasteiger partial charge < -0.3 is 34.1 Å². The SMILES string of the molecule is CC(C)[C@H](NC(=O)OCc1ccccc1)C(=O)N1CO[C@@H](OC(=O)N2CCOCC2)[C@@H]1Cc1ccccc1. The summed E-state index contributed by atoms with van der Waals surface area (Å²) in [6.07, 6.45) is -1.73. The molecule has 0 radical (unpaired) electrons. The van der Waals surface area contributed by atoms with Gasteiger partial charge in [0.1, 0.15) is 25.4 Å². The lowest BCUT2D eigenvalue weighted by Crippen LogP contribution is -2.54. The Balaban J connectivity index is 1.45. The van der Waals surface area contributed by atoms with Crippen LogP contribution in [0.2, 0.25) is 0 Å². The normalized spacial score (nSPS) is 20.2. The highest BCUT2D eigenvalue weighted by atomic mass is 16.7. The molecule has 10 heteroatoms. The third-order valence-corrected chi connectivity index (χ3v) is 6.57. The first-order valence-corrected chi connectivity index (χ1v) is 12.9. The monoisotopic (exact) mass is 525 g/mol. The zero-order valence-electron chi connectivity index (χ0n) is 21.8. The Kier molecular flexibility index (Phi) is 9.56. The Bertz CT molecular complexity index is 1060. The quantitative estimate of drug-likeness (QED) is 0.564. The lowest BCUT2D eigenvalue weighted by Gasteiger charge is -2.32. The van der Waals surface area contributed by atoms with Crippen LogP contribution in [0.5, 0.6) is 0 Å². The van der Waals surface area contributed by atoms with Crippen LogP contribution in [-0.4, -0.2) is 79.3 Å². The maximum Gasteiger partial charge on any atom is 0.412 e. The summed E-state index contributed by atoms with van der Waals surface area (Å²) in [6, 6.07) is 17.5. The summed E-state index contributed by atoms with van der Waals surface area (Å²) >= 11 is 0. The molecule has 4 rings (SSSR count). The average Bonchev–Trinajstić information content (AvgIpc) is 3.33. The minimum absolute atomic E-state index is 0.0681. The van der Waals surface area contributed by atoms with Gasteiger partial charge in [-0.15, -0.1) is 0 Å². The van der Waals surface area contributed by atoms with E-state index in [2.05, 4.69) is 5.32 Å². The van der Waals surface area contributed by atoms with E-state index >= 15 is 0 Å².